The molecule has 0 radical (unpaired) electrons. The van der Waals surface area contributed by atoms with E-state index in [0.29, 0.717) is 6.04 Å². The van der Waals surface area contributed by atoms with Gasteiger partial charge >= 0.3 is 0 Å². The van der Waals surface area contributed by atoms with Crippen LogP contribution >= 0.6 is 11.8 Å². The molecule has 1 aromatic carbocycles. The van der Waals surface area contributed by atoms with E-state index in [-0.39, 0.29) is 5.41 Å². The first-order valence-electron chi connectivity index (χ1n) is 6.25. The number of benzene rings is 1. The zero-order chi connectivity index (χ0) is 12.9. The molecule has 1 aromatic rings. The van der Waals surface area contributed by atoms with Crippen molar-refractivity contribution in [2.45, 2.75) is 45.7 Å². The SMILES string of the molecule is CSCC(C)NCc1ccc(C(C)(C)C)cc1. The zero-order valence-corrected chi connectivity index (χ0v) is 12.5. The van der Waals surface area contributed by atoms with E-state index in [1.807, 2.05) is 11.8 Å². The lowest BCUT2D eigenvalue weighted by atomic mass is 9.87. The molecule has 0 aliphatic rings. The molecule has 17 heavy (non-hydrogen) atoms. The first kappa shape index (κ1) is 14.6. The Kier molecular flexibility index (Phi) is 5.54. The second kappa shape index (κ2) is 6.46. The Labute approximate surface area is 110 Å². The van der Waals surface area contributed by atoms with Gasteiger partial charge in [0.1, 0.15) is 0 Å². The Hall–Kier alpha value is -0.470. The molecule has 0 heterocycles. The first-order valence-corrected chi connectivity index (χ1v) is 7.64. The molecule has 1 atom stereocenters. The minimum atomic E-state index is 0.248. The number of hydrogen-bond acceptors (Lipinski definition) is 2. The van der Waals surface area contributed by atoms with Gasteiger partial charge in [-0.1, -0.05) is 45.0 Å². The molecule has 0 fully saturated rings. The van der Waals surface area contributed by atoms with E-state index in [0.717, 1.165) is 6.54 Å². The predicted octanol–water partition coefficient (Wildman–Crippen LogP) is 3.83. The third-order valence-electron chi connectivity index (χ3n) is 2.89. The molecule has 1 unspecified atom stereocenters. The summed E-state index contributed by atoms with van der Waals surface area (Å²) in [6, 6.07) is 9.54. The summed E-state index contributed by atoms with van der Waals surface area (Å²) < 4.78 is 0. The molecule has 0 aromatic heterocycles. The summed E-state index contributed by atoms with van der Waals surface area (Å²) >= 11 is 1.89. The fourth-order valence-electron chi connectivity index (χ4n) is 1.72. The lowest BCUT2D eigenvalue weighted by molar-refractivity contribution is 0.585. The molecule has 0 saturated carbocycles. The third-order valence-corrected chi connectivity index (χ3v) is 3.72. The van der Waals surface area contributed by atoms with Crippen molar-refractivity contribution >= 4 is 11.8 Å². The number of nitrogens with one attached hydrogen (secondary N) is 1. The summed E-state index contributed by atoms with van der Waals surface area (Å²) in [4.78, 5) is 0. The molecule has 1 rings (SSSR count). The van der Waals surface area contributed by atoms with Crippen LogP contribution < -0.4 is 5.32 Å². The molecule has 0 saturated heterocycles. The third kappa shape index (κ3) is 5.13. The maximum absolute atomic E-state index is 3.54. The Morgan fingerprint density at radius 2 is 1.76 bits per heavy atom. The summed E-state index contributed by atoms with van der Waals surface area (Å²) in [5.74, 6) is 1.17. The highest BCUT2D eigenvalue weighted by molar-refractivity contribution is 7.98. The van der Waals surface area contributed by atoms with Crippen molar-refractivity contribution in [3.8, 4) is 0 Å². The van der Waals surface area contributed by atoms with E-state index in [1.165, 1.54) is 16.9 Å². The Balaban J connectivity index is 2.51. The normalized spacial score (nSPS) is 13.7. The molecule has 2 heteroatoms. The van der Waals surface area contributed by atoms with Gasteiger partial charge in [-0.2, -0.15) is 11.8 Å². The van der Waals surface area contributed by atoms with Crippen LogP contribution in [-0.2, 0) is 12.0 Å². The molecule has 0 aliphatic carbocycles. The van der Waals surface area contributed by atoms with Gasteiger partial charge in [0.05, 0.1) is 0 Å². The van der Waals surface area contributed by atoms with E-state index < -0.39 is 0 Å². The van der Waals surface area contributed by atoms with Gasteiger partial charge in [0.15, 0.2) is 0 Å². The van der Waals surface area contributed by atoms with Crippen LogP contribution in [0.15, 0.2) is 24.3 Å². The van der Waals surface area contributed by atoms with Crippen molar-refractivity contribution in [1.29, 1.82) is 0 Å². The number of thioether (sulfide) groups is 1. The van der Waals surface area contributed by atoms with Crippen molar-refractivity contribution in [2.24, 2.45) is 0 Å². The average Bonchev–Trinajstić information content (AvgIpc) is 2.26. The number of hydrogen-bond donors (Lipinski definition) is 1. The lowest BCUT2D eigenvalue weighted by Gasteiger charge is -2.19. The second-order valence-corrected chi connectivity index (χ2v) is 6.59. The topological polar surface area (TPSA) is 12.0 Å². The van der Waals surface area contributed by atoms with E-state index in [9.17, 15) is 0 Å². The monoisotopic (exact) mass is 251 g/mol. The van der Waals surface area contributed by atoms with Crippen LogP contribution in [0.4, 0.5) is 0 Å². The highest BCUT2D eigenvalue weighted by Crippen LogP contribution is 2.22. The van der Waals surface area contributed by atoms with Crippen LogP contribution in [0.5, 0.6) is 0 Å². The first-order chi connectivity index (χ1) is 7.93. The minimum Gasteiger partial charge on any atom is -0.309 e. The number of rotatable bonds is 5. The van der Waals surface area contributed by atoms with Crippen molar-refractivity contribution < 1.29 is 0 Å². The van der Waals surface area contributed by atoms with E-state index >= 15 is 0 Å². The van der Waals surface area contributed by atoms with E-state index in [4.69, 9.17) is 0 Å². The standard InChI is InChI=1S/C15H25NS/c1-12(11-17-5)16-10-13-6-8-14(9-7-13)15(2,3)4/h6-9,12,16H,10-11H2,1-5H3. The molecule has 1 N–H and O–H groups in total. The van der Waals surface area contributed by atoms with Crippen LogP contribution in [0.1, 0.15) is 38.8 Å². The second-order valence-electron chi connectivity index (χ2n) is 5.68. The average molecular weight is 251 g/mol. The van der Waals surface area contributed by atoms with Crippen LogP contribution in [0.25, 0.3) is 0 Å². The predicted molar refractivity (Wildman–Crippen MR) is 79.8 cm³/mol. The van der Waals surface area contributed by atoms with E-state index in [2.05, 4.69) is 63.5 Å². The summed E-state index contributed by atoms with van der Waals surface area (Å²) in [5.41, 5.74) is 3.02. The van der Waals surface area contributed by atoms with Crippen molar-refractivity contribution in [3.63, 3.8) is 0 Å². The van der Waals surface area contributed by atoms with Gasteiger partial charge in [-0.05, 0) is 29.7 Å². The molecule has 0 bridgehead atoms. The van der Waals surface area contributed by atoms with Crippen LogP contribution in [-0.4, -0.2) is 18.1 Å². The minimum absolute atomic E-state index is 0.248. The van der Waals surface area contributed by atoms with Crippen molar-refractivity contribution in [3.05, 3.63) is 35.4 Å². The van der Waals surface area contributed by atoms with Crippen molar-refractivity contribution in [2.75, 3.05) is 12.0 Å². The van der Waals surface area contributed by atoms with Gasteiger partial charge in [0.25, 0.3) is 0 Å². The smallest absolute Gasteiger partial charge is 0.0208 e. The molecular weight excluding hydrogens is 226 g/mol. The highest BCUT2D eigenvalue weighted by atomic mass is 32.2. The summed E-state index contributed by atoms with van der Waals surface area (Å²) in [7, 11) is 0. The molecule has 1 nitrogen and oxygen atoms in total. The molecular formula is C15H25NS. The highest BCUT2D eigenvalue weighted by Gasteiger charge is 2.12. The molecule has 0 amide bonds. The molecule has 0 aliphatic heterocycles. The van der Waals surface area contributed by atoms with Gasteiger partial charge < -0.3 is 5.32 Å². The Morgan fingerprint density at radius 1 is 1.18 bits per heavy atom. The van der Waals surface area contributed by atoms with Gasteiger partial charge in [-0.25, -0.2) is 0 Å². The van der Waals surface area contributed by atoms with E-state index in [1.54, 1.807) is 0 Å². The van der Waals surface area contributed by atoms with Crippen molar-refractivity contribution in [1.82, 2.24) is 5.32 Å². The van der Waals surface area contributed by atoms with Gasteiger partial charge in [0, 0.05) is 18.3 Å². The fourth-order valence-corrected chi connectivity index (χ4v) is 2.34. The Bertz CT molecular complexity index is 324. The van der Waals surface area contributed by atoms with Crippen LogP contribution in [0, 0.1) is 0 Å². The maximum atomic E-state index is 3.54. The Morgan fingerprint density at radius 3 is 2.24 bits per heavy atom. The maximum Gasteiger partial charge on any atom is 0.0208 e. The van der Waals surface area contributed by atoms with Crippen LogP contribution in [0.3, 0.4) is 0 Å². The quantitative estimate of drug-likeness (QED) is 0.853. The lowest BCUT2D eigenvalue weighted by Crippen LogP contribution is -2.27. The fraction of sp³-hybridized carbons (Fsp3) is 0.600. The van der Waals surface area contributed by atoms with Gasteiger partial charge in [0.2, 0.25) is 0 Å². The summed E-state index contributed by atoms with van der Waals surface area (Å²) in [6.45, 7) is 9.95. The van der Waals surface area contributed by atoms with Gasteiger partial charge in [-0.3, -0.25) is 0 Å². The molecule has 0 spiro atoms. The summed E-state index contributed by atoms with van der Waals surface area (Å²) in [6.07, 6.45) is 2.15. The molecule has 96 valence electrons. The zero-order valence-electron chi connectivity index (χ0n) is 11.7. The van der Waals surface area contributed by atoms with Crippen LogP contribution in [0.2, 0.25) is 0 Å². The largest absolute Gasteiger partial charge is 0.309 e. The van der Waals surface area contributed by atoms with Gasteiger partial charge in [-0.15, -0.1) is 0 Å². The summed E-state index contributed by atoms with van der Waals surface area (Å²) in [5, 5.41) is 3.54.